The Hall–Kier alpha value is -1.66. The summed E-state index contributed by atoms with van der Waals surface area (Å²) in [6, 6.07) is 4.47. The van der Waals surface area contributed by atoms with Crippen molar-refractivity contribution in [2.24, 2.45) is 7.05 Å². The Kier molecular flexibility index (Phi) is 5.52. The number of esters is 1. The number of rotatable bonds is 7. The first kappa shape index (κ1) is 15.7. The quantitative estimate of drug-likeness (QED) is 0.799. The Bertz CT molecular complexity index is 578. The number of ether oxygens (including phenoxy) is 1. The molecule has 0 spiro atoms. The molecule has 0 aromatic carbocycles. The number of aromatic nitrogens is 2. The summed E-state index contributed by atoms with van der Waals surface area (Å²) in [5.41, 5.74) is 1.39. The van der Waals surface area contributed by atoms with E-state index in [-0.39, 0.29) is 12.0 Å². The van der Waals surface area contributed by atoms with Crippen molar-refractivity contribution in [2.75, 3.05) is 6.61 Å². The maximum absolute atomic E-state index is 11.9. The second-order valence-electron chi connectivity index (χ2n) is 4.71. The zero-order chi connectivity index (χ0) is 15.2. The Labute approximate surface area is 128 Å². The number of carbonyl (C=O) groups is 1. The summed E-state index contributed by atoms with van der Waals surface area (Å²) in [6.07, 6.45) is 2.56. The van der Waals surface area contributed by atoms with Gasteiger partial charge in [0, 0.05) is 24.5 Å². The fourth-order valence-electron chi connectivity index (χ4n) is 2.21. The summed E-state index contributed by atoms with van der Waals surface area (Å²) in [4.78, 5) is 13.2. The van der Waals surface area contributed by atoms with Crippen molar-refractivity contribution >= 4 is 17.3 Å². The van der Waals surface area contributed by atoms with E-state index in [4.69, 9.17) is 4.74 Å². The van der Waals surface area contributed by atoms with E-state index < -0.39 is 0 Å². The predicted octanol–water partition coefficient (Wildman–Crippen LogP) is 2.90. The molecule has 0 aliphatic carbocycles. The minimum absolute atomic E-state index is 0.287. The van der Waals surface area contributed by atoms with Crippen molar-refractivity contribution in [2.45, 2.75) is 32.9 Å². The molecule has 1 unspecified atom stereocenters. The lowest BCUT2D eigenvalue weighted by Crippen LogP contribution is -2.22. The van der Waals surface area contributed by atoms with Gasteiger partial charge in [-0.05, 0) is 24.8 Å². The third kappa shape index (κ3) is 3.71. The maximum Gasteiger partial charge on any atom is 0.341 e. The van der Waals surface area contributed by atoms with Gasteiger partial charge in [-0.2, -0.15) is 5.10 Å². The van der Waals surface area contributed by atoms with Crippen molar-refractivity contribution in [3.05, 3.63) is 39.8 Å². The van der Waals surface area contributed by atoms with Crippen LogP contribution in [0.1, 0.15) is 47.2 Å². The molecule has 2 heterocycles. The molecule has 2 aromatic rings. The van der Waals surface area contributed by atoms with E-state index in [0.717, 1.165) is 12.1 Å². The van der Waals surface area contributed by atoms with Crippen molar-refractivity contribution in [1.82, 2.24) is 15.1 Å². The summed E-state index contributed by atoms with van der Waals surface area (Å²) in [6.45, 7) is 4.90. The van der Waals surface area contributed by atoms with E-state index in [1.807, 2.05) is 7.05 Å². The minimum atomic E-state index is -0.313. The maximum atomic E-state index is 11.9. The van der Waals surface area contributed by atoms with Gasteiger partial charge in [0.25, 0.3) is 0 Å². The van der Waals surface area contributed by atoms with Crippen LogP contribution < -0.4 is 5.32 Å². The van der Waals surface area contributed by atoms with Crippen LogP contribution in [0.2, 0.25) is 0 Å². The first-order valence-electron chi connectivity index (χ1n) is 7.12. The van der Waals surface area contributed by atoms with E-state index in [1.54, 1.807) is 29.1 Å². The Morgan fingerprint density at radius 3 is 2.95 bits per heavy atom. The smallest absolute Gasteiger partial charge is 0.341 e. The van der Waals surface area contributed by atoms with Crippen molar-refractivity contribution in [3.63, 3.8) is 0 Å². The second kappa shape index (κ2) is 7.38. The van der Waals surface area contributed by atoms with Gasteiger partial charge in [0.1, 0.15) is 5.56 Å². The Morgan fingerprint density at radius 2 is 2.33 bits per heavy atom. The molecule has 2 aromatic heterocycles. The van der Waals surface area contributed by atoms with Crippen LogP contribution in [0.5, 0.6) is 0 Å². The van der Waals surface area contributed by atoms with Gasteiger partial charge in [0.15, 0.2) is 0 Å². The molecule has 0 aliphatic rings. The van der Waals surface area contributed by atoms with E-state index in [1.165, 1.54) is 4.88 Å². The molecule has 5 nitrogen and oxygen atoms in total. The number of hydrogen-bond donors (Lipinski definition) is 1. The fraction of sp³-hybridized carbons (Fsp3) is 0.467. The average Bonchev–Trinajstić information content (AvgIpc) is 3.11. The average molecular weight is 307 g/mol. The van der Waals surface area contributed by atoms with Gasteiger partial charge in [-0.3, -0.25) is 4.68 Å². The summed E-state index contributed by atoms with van der Waals surface area (Å²) in [5.74, 6) is -0.313. The lowest BCUT2D eigenvalue weighted by Gasteiger charge is -2.16. The molecule has 0 saturated carbocycles. The molecule has 0 aliphatic heterocycles. The third-order valence-electron chi connectivity index (χ3n) is 3.37. The van der Waals surface area contributed by atoms with Gasteiger partial charge < -0.3 is 10.1 Å². The second-order valence-corrected chi connectivity index (χ2v) is 5.69. The highest BCUT2D eigenvalue weighted by atomic mass is 32.1. The normalized spacial score (nSPS) is 12.3. The molecule has 21 heavy (non-hydrogen) atoms. The molecule has 1 atom stereocenters. The fourth-order valence-corrected chi connectivity index (χ4v) is 3.09. The lowest BCUT2D eigenvalue weighted by atomic mass is 10.1. The highest BCUT2D eigenvalue weighted by Crippen LogP contribution is 2.22. The predicted molar refractivity (Wildman–Crippen MR) is 83.4 cm³/mol. The van der Waals surface area contributed by atoms with Gasteiger partial charge in [-0.15, -0.1) is 11.3 Å². The summed E-state index contributed by atoms with van der Waals surface area (Å²) < 4.78 is 6.79. The molecular weight excluding hydrogens is 286 g/mol. The first-order valence-corrected chi connectivity index (χ1v) is 8.00. The van der Waals surface area contributed by atoms with Crippen molar-refractivity contribution < 1.29 is 9.53 Å². The molecular formula is C15H21N3O2S. The van der Waals surface area contributed by atoms with Crippen LogP contribution in [0, 0.1) is 0 Å². The number of aryl methyl sites for hydroxylation is 1. The molecule has 0 amide bonds. The zero-order valence-corrected chi connectivity index (χ0v) is 13.4. The van der Waals surface area contributed by atoms with E-state index in [9.17, 15) is 4.79 Å². The van der Waals surface area contributed by atoms with Crippen molar-refractivity contribution in [1.29, 1.82) is 0 Å². The molecule has 0 fully saturated rings. The first-order chi connectivity index (χ1) is 10.2. The highest BCUT2D eigenvalue weighted by Gasteiger charge is 2.18. The van der Waals surface area contributed by atoms with E-state index in [2.05, 4.69) is 34.9 Å². The van der Waals surface area contributed by atoms with Gasteiger partial charge in [-0.25, -0.2) is 4.79 Å². The SMILES string of the molecule is CCOC(=O)c1cnn(C)c1CNC(CC)c1cccs1. The summed E-state index contributed by atoms with van der Waals surface area (Å²) >= 11 is 1.74. The van der Waals surface area contributed by atoms with E-state index in [0.29, 0.717) is 18.7 Å². The highest BCUT2D eigenvalue weighted by molar-refractivity contribution is 7.10. The van der Waals surface area contributed by atoms with Crippen LogP contribution in [-0.2, 0) is 18.3 Å². The Balaban J connectivity index is 2.09. The van der Waals surface area contributed by atoms with Gasteiger partial charge in [0.05, 0.1) is 18.5 Å². The number of carbonyl (C=O) groups excluding carboxylic acids is 1. The van der Waals surface area contributed by atoms with Crippen LogP contribution in [-0.4, -0.2) is 22.4 Å². The monoisotopic (exact) mass is 307 g/mol. The van der Waals surface area contributed by atoms with Gasteiger partial charge in [0.2, 0.25) is 0 Å². The van der Waals surface area contributed by atoms with Crippen molar-refractivity contribution in [3.8, 4) is 0 Å². The number of nitrogens with zero attached hydrogens (tertiary/aromatic N) is 2. The molecule has 2 rings (SSSR count). The van der Waals surface area contributed by atoms with Gasteiger partial charge in [-0.1, -0.05) is 13.0 Å². The molecule has 0 radical (unpaired) electrons. The number of thiophene rings is 1. The van der Waals surface area contributed by atoms with Crippen LogP contribution in [0.15, 0.2) is 23.7 Å². The number of hydrogen-bond acceptors (Lipinski definition) is 5. The summed E-state index contributed by atoms with van der Waals surface area (Å²) in [5, 5.41) is 9.74. The van der Waals surface area contributed by atoms with Gasteiger partial charge >= 0.3 is 5.97 Å². The van der Waals surface area contributed by atoms with Crippen LogP contribution in [0.4, 0.5) is 0 Å². The van der Waals surface area contributed by atoms with E-state index >= 15 is 0 Å². The number of nitrogens with one attached hydrogen (secondary N) is 1. The summed E-state index contributed by atoms with van der Waals surface area (Å²) in [7, 11) is 1.84. The largest absolute Gasteiger partial charge is 0.462 e. The lowest BCUT2D eigenvalue weighted by molar-refractivity contribution is 0.0524. The molecule has 6 heteroatoms. The molecule has 114 valence electrons. The topological polar surface area (TPSA) is 56.1 Å². The standard InChI is InChI=1S/C15H21N3O2S/c1-4-12(14-7-6-8-21-14)16-10-13-11(9-17-18(13)3)15(19)20-5-2/h6-9,12,16H,4-5,10H2,1-3H3. The minimum Gasteiger partial charge on any atom is -0.462 e. The van der Waals surface area contributed by atoms with Crippen LogP contribution in [0.3, 0.4) is 0 Å². The Morgan fingerprint density at radius 1 is 1.52 bits per heavy atom. The molecule has 0 saturated heterocycles. The molecule has 0 bridgehead atoms. The third-order valence-corrected chi connectivity index (χ3v) is 4.35. The zero-order valence-electron chi connectivity index (χ0n) is 12.6. The van der Waals surface area contributed by atoms with Crippen LogP contribution in [0.25, 0.3) is 0 Å². The van der Waals surface area contributed by atoms with Crippen LogP contribution >= 0.6 is 11.3 Å². The molecule has 1 N–H and O–H groups in total.